The minimum absolute atomic E-state index is 0.0627. The van der Waals surface area contributed by atoms with Gasteiger partial charge in [-0.15, -0.1) is 0 Å². The number of hydrogen-bond donors (Lipinski definition) is 0. The van der Waals surface area contributed by atoms with Crippen LogP contribution >= 0.6 is 0 Å². The largest absolute Gasteiger partial charge is 0.359 e. The summed E-state index contributed by atoms with van der Waals surface area (Å²) in [6.45, 7) is 0. The number of nitro groups is 1. The van der Waals surface area contributed by atoms with Gasteiger partial charge in [0.05, 0.1) is 10.5 Å². The molecule has 1 aliphatic rings. The first-order chi connectivity index (χ1) is 8.77. The molecule has 0 radical (unpaired) electrons. The van der Waals surface area contributed by atoms with E-state index in [4.69, 9.17) is 4.74 Å². The van der Waals surface area contributed by atoms with E-state index < -0.39 is 0 Å². The van der Waals surface area contributed by atoms with E-state index in [1.807, 2.05) is 30.3 Å². The number of ether oxygens (including phenoxy) is 1. The first-order valence-corrected chi connectivity index (χ1v) is 5.71. The SMILES string of the molecule is O=[N+]([O-])c1ccccc1C1OC1c1ccccc1. The summed E-state index contributed by atoms with van der Waals surface area (Å²) in [5, 5.41) is 10.9. The summed E-state index contributed by atoms with van der Waals surface area (Å²) < 4.78 is 5.58. The van der Waals surface area contributed by atoms with Crippen molar-refractivity contribution in [3.05, 3.63) is 75.8 Å². The maximum atomic E-state index is 10.9. The zero-order valence-electron chi connectivity index (χ0n) is 9.52. The van der Waals surface area contributed by atoms with E-state index in [1.54, 1.807) is 18.2 Å². The monoisotopic (exact) mass is 241 g/mol. The third-order valence-corrected chi connectivity index (χ3v) is 3.06. The Balaban J connectivity index is 1.89. The van der Waals surface area contributed by atoms with Gasteiger partial charge in [-0.25, -0.2) is 0 Å². The average molecular weight is 241 g/mol. The van der Waals surface area contributed by atoms with Crippen molar-refractivity contribution in [2.24, 2.45) is 0 Å². The van der Waals surface area contributed by atoms with Crippen molar-refractivity contribution in [2.75, 3.05) is 0 Å². The van der Waals surface area contributed by atoms with Gasteiger partial charge in [0.25, 0.3) is 5.69 Å². The van der Waals surface area contributed by atoms with Crippen molar-refractivity contribution >= 4 is 5.69 Å². The fourth-order valence-corrected chi connectivity index (χ4v) is 2.14. The minimum Gasteiger partial charge on any atom is -0.359 e. The van der Waals surface area contributed by atoms with Crippen LogP contribution < -0.4 is 0 Å². The second kappa shape index (κ2) is 4.23. The van der Waals surface area contributed by atoms with E-state index in [0.29, 0.717) is 5.56 Å². The maximum absolute atomic E-state index is 10.9. The van der Waals surface area contributed by atoms with E-state index in [0.717, 1.165) is 5.56 Å². The summed E-state index contributed by atoms with van der Waals surface area (Å²) in [6.07, 6.45) is -0.263. The molecule has 0 aliphatic carbocycles. The highest BCUT2D eigenvalue weighted by molar-refractivity contribution is 5.44. The molecule has 2 unspecified atom stereocenters. The summed E-state index contributed by atoms with van der Waals surface area (Å²) in [5.74, 6) is 0. The summed E-state index contributed by atoms with van der Waals surface area (Å²) >= 11 is 0. The van der Waals surface area contributed by atoms with Crippen LogP contribution in [0.3, 0.4) is 0 Å². The molecule has 0 spiro atoms. The summed E-state index contributed by atoms with van der Waals surface area (Å²) in [5.41, 5.74) is 1.83. The molecule has 1 fully saturated rings. The van der Waals surface area contributed by atoms with Crippen LogP contribution in [-0.2, 0) is 4.74 Å². The van der Waals surface area contributed by atoms with Gasteiger partial charge in [0.1, 0.15) is 12.2 Å². The molecule has 0 amide bonds. The van der Waals surface area contributed by atoms with Gasteiger partial charge in [0, 0.05) is 6.07 Å². The number of nitro benzene ring substituents is 1. The minimum atomic E-state index is -0.362. The number of benzene rings is 2. The molecular formula is C14H11NO3. The summed E-state index contributed by atoms with van der Waals surface area (Å²) in [4.78, 5) is 10.6. The molecule has 18 heavy (non-hydrogen) atoms. The fourth-order valence-electron chi connectivity index (χ4n) is 2.14. The summed E-state index contributed by atoms with van der Waals surface area (Å²) in [7, 11) is 0. The van der Waals surface area contributed by atoms with E-state index in [1.165, 1.54) is 6.07 Å². The molecule has 3 rings (SSSR count). The highest BCUT2D eigenvalue weighted by atomic mass is 16.6. The molecule has 4 nitrogen and oxygen atoms in total. The van der Waals surface area contributed by atoms with Gasteiger partial charge in [0.2, 0.25) is 0 Å². The molecule has 0 bridgehead atoms. The number of rotatable bonds is 3. The van der Waals surface area contributed by atoms with Crippen LogP contribution in [0.25, 0.3) is 0 Å². The van der Waals surface area contributed by atoms with Crippen LogP contribution in [0.2, 0.25) is 0 Å². The molecule has 1 saturated heterocycles. The molecule has 90 valence electrons. The highest BCUT2D eigenvalue weighted by Gasteiger charge is 2.44. The number of nitrogens with zero attached hydrogens (tertiary/aromatic N) is 1. The third-order valence-electron chi connectivity index (χ3n) is 3.06. The Hall–Kier alpha value is -2.20. The quantitative estimate of drug-likeness (QED) is 0.470. The highest BCUT2D eigenvalue weighted by Crippen LogP contribution is 2.52. The van der Waals surface area contributed by atoms with Crippen molar-refractivity contribution in [1.82, 2.24) is 0 Å². The fraction of sp³-hybridized carbons (Fsp3) is 0.143. The lowest BCUT2D eigenvalue weighted by atomic mass is 10.0. The Morgan fingerprint density at radius 1 is 0.944 bits per heavy atom. The molecule has 2 atom stereocenters. The van der Waals surface area contributed by atoms with Crippen molar-refractivity contribution in [3.8, 4) is 0 Å². The van der Waals surface area contributed by atoms with Crippen LogP contribution in [0, 0.1) is 10.1 Å². The van der Waals surface area contributed by atoms with Gasteiger partial charge in [0.15, 0.2) is 0 Å². The Labute approximate surface area is 104 Å². The molecule has 2 aromatic carbocycles. The molecule has 1 heterocycles. The Bertz CT molecular complexity index is 583. The second-order valence-electron chi connectivity index (χ2n) is 4.20. The van der Waals surface area contributed by atoms with Gasteiger partial charge >= 0.3 is 0 Å². The van der Waals surface area contributed by atoms with Crippen LogP contribution in [0.5, 0.6) is 0 Å². The Morgan fingerprint density at radius 3 is 2.33 bits per heavy atom. The number of para-hydroxylation sites is 1. The second-order valence-corrected chi connectivity index (χ2v) is 4.20. The Morgan fingerprint density at radius 2 is 1.61 bits per heavy atom. The van der Waals surface area contributed by atoms with Gasteiger partial charge in [-0.2, -0.15) is 0 Å². The van der Waals surface area contributed by atoms with Crippen molar-refractivity contribution in [2.45, 2.75) is 12.2 Å². The molecule has 4 heteroatoms. The van der Waals surface area contributed by atoms with Gasteiger partial charge < -0.3 is 4.74 Å². The van der Waals surface area contributed by atoms with Crippen molar-refractivity contribution in [3.63, 3.8) is 0 Å². The predicted molar refractivity (Wildman–Crippen MR) is 66.1 cm³/mol. The standard InChI is InChI=1S/C14H11NO3/c16-15(17)12-9-5-4-8-11(12)14-13(18-14)10-6-2-1-3-7-10/h1-9,13-14H. The molecule has 0 saturated carbocycles. The molecule has 2 aromatic rings. The molecule has 0 aromatic heterocycles. The first-order valence-electron chi connectivity index (χ1n) is 5.71. The predicted octanol–water partition coefficient (Wildman–Crippen LogP) is 3.41. The van der Waals surface area contributed by atoms with Gasteiger partial charge in [-0.1, -0.05) is 42.5 Å². The molecule has 1 aliphatic heterocycles. The van der Waals surface area contributed by atoms with E-state index in [2.05, 4.69) is 0 Å². The number of epoxide rings is 1. The van der Waals surface area contributed by atoms with Crippen LogP contribution in [0.15, 0.2) is 54.6 Å². The zero-order valence-corrected chi connectivity index (χ0v) is 9.52. The Kier molecular flexibility index (Phi) is 2.57. The lowest BCUT2D eigenvalue weighted by Gasteiger charge is -1.98. The average Bonchev–Trinajstić information content (AvgIpc) is 3.20. The van der Waals surface area contributed by atoms with E-state index in [-0.39, 0.29) is 22.8 Å². The molecular weight excluding hydrogens is 230 g/mol. The lowest BCUT2D eigenvalue weighted by Crippen LogP contribution is -1.94. The van der Waals surface area contributed by atoms with Crippen molar-refractivity contribution < 1.29 is 9.66 Å². The third kappa shape index (κ3) is 1.87. The topological polar surface area (TPSA) is 55.7 Å². The lowest BCUT2D eigenvalue weighted by molar-refractivity contribution is -0.385. The number of hydrogen-bond acceptors (Lipinski definition) is 3. The van der Waals surface area contributed by atoms with Crippen LogP contribution in [0.4, 0.5) is 5.69 Å². The zero-order chi connectivity index (χ0) is 12.5. The summed E-state index contributed by atoms with van der Waals surface area (Å²) in [6, 6.07) is 16.5. The van der Waals surface area contributed by atoms with Gasteiger partial charge in [-0.3, -0.25) is 10.1 Å². The molecule has 0 N–H and O–H groups in total. The normalized spacial score (nSPS) is 21.6. The first kappa shape index (κ1) is 10.9. The van der Waals surface area contributed by atoms with E-state index >= 15 is 0 Å². The van der Waals surface area contributed by atoms with E-state index in [9.17, 15) is 10.1 Å². The smallest absolute Gasteiger partial charge is 0.275 e. The van der Waals surface area contributed by atoms with Crippen LogP contribution in [0.1, 0.15) is 23.3 Å². The van der Waals surface area contributed by atoms with Gasteiger partial charge in [-0.05, 0) is 11.6 Å². The van der Waals surface area contributed by atoms with Crippen LogP contribution in [-0.4, -0.2) is 4.92 Å². The maximum Gasteiger partial charge on any atom is 0.275 e. The van der Waals surface area contributed by atoms with Crippen molar-refractivity contribution in [1.29, 1.82) is 0 Å².